The molecule has 9 atom stereocenters. The van der Waals surface area contributed by atoms with E-state index in [9.17, 15) is 9.90 Å². The normalized spacial score (nSPS) is 46.7. The first-order chi connectivity index (χ1) is 13.7. The van der Waals surface area contributed by atoms with Gasteiger partial charge in [-0.05, 0) is 110 Å². The smallest absolute Gasteiger partial charge is 0.133 e. The first-order valence-corrected chi connectivity index (χ1v) is 12.9. The summed E-state index contributed by atoms with van der Waals surface area (Å²) in [5, 5.41) is 11.0. The Morgan fingerprint density at radius 1 is 0.931 bits per heavy atom. The summed E-state index contributed by atoms with van der Waals surface area (Å²) < 4.78 is 0. The molecule has 4 aliphatic carbocycles. The minimum absolute atomic E-state index is 0.131. The second kappa shape index (κ2) is 7.95. The number of rotatable bonds is 5. The van der Waals surface area contributed by atoms with Crippen LogP contribution in [0.2, 0.25) is 0 Å². The number of ketones is 1. The van der Waals surface area contributed by atoms with Crippen LogP contribution in [0.15, 0.2) is 0 Å². The molecule has 4 rings (SSSR count). The number of aliphatic hydroxyl groups is 1. The van der Waals surface area contributed by atoms with Crippen LogP contribution in [0.5, 0.6) is 0 Å². The maximum Gasteiger partial charge on any atom is 0.133 e. The first kappa shape index (κ1) is 21.8. The van der Waals surface area contributed by atoms with Gasteiger partial charge in [0.15, 0.2) is 0 Å². The Kier molecular flexibility index (Phi) is 5.99. The predicted molar refractivity (Wildman–Crippen MR) is 119 cm³/mol. The number of hydrogen-bond donors (Lipinski definition) is 1. The van der Waals surface area contributed by atoms with E-state index in [0.717, 1.165) is 49.9 Å². The monoisotopic (exact) mass is 402 g/mol. The van der Waals surface area contributed by atoms with Crippen molar-refractivity contribution in [2.75, 3.05) is 0 Å². The number of hydrogen-bond acceptors (Lipinski definition) is 2. The Hall–Kier alpha value is -0.370. The summed E-state index contributed by atoms with van der Waals surface area (Å²) in [5.74, 6) is 5.54. The molecule has 2 nitrogen and oxygen atoms in total. The Morgan fingerprint density at radius 3 is 2.38 bits per heavy atom. The molecule has 4 aliphatic rings. The van der Waals surface area contributed by atoms with Gasteiger partial charge in [0.1, 0.15) is 5.78 Å². The van der Waals surface area contributed by atoms with Crippen molar-refractivity contribution in [2.45, 2.75) is 111 Å². The van der Waals surface area contributed by atoms with Crippen LogP contribution >= 0.6 is 0 Å². The van der Waals surface area contributed by atoms with Crippen molar-refractivity contribution in [1.82, 2.24) is 0 Å². The predicted octanol–water partition coefficient (Wildman–Crippen LogP) is 6.65. The fraction of sp³-hybridized carbons (Fsp3) is 0.963. The molecule has 0 radical (unpaired) electrons. The van der Waals surface area contributed by atoms with Crippen LogP contribution in [0, 0.1) is 52.3 Å². The fourth-order valence-electron chi connectivity index (χ4n) is 8.98. The Labute approximate surface area is 179 Å². The van der Waals surface area contributed by atoms with Gasteiger partial charge in [-0.2, -0.15) is 0 Å². The van der Waals surface area contributed by atoms with Gasteiger partial charge in [0, 0.05) is 12.8 Å². The summed E-state index contributed by atoms with van der Waals surface area (Å²) in [6, 6.07) is 0. The summed E-state index contributed by atoms with van der Waals surface area (Å²) in [6.07, 6.45) is 12.9. The van der Waals surface area contributed by atoms with E-state index in [1.54, 1.807) is 0 Å². The highest BCUT2D eigenvalue weighted by Gasteiger charge is 2.60. The van der Waals surface area contributed by atoms with E-state index in [1.165, 1.54) is 38.5 Å². The van der Waals surface area contributed by atoms with E-state index in [-0.39, 0.29) is 6.10 Å². The molecule has 0 aromatic heterocycles. The third-order valence-electron chi connectivity index (χ3n) is 10.8. The topological polar surface area (TPSA) is 37.3 Å². The zero-order valence-electron chi connectivity index (χ0n) is 19.8. The summed E-state index contributed by atoms with van der Waals surface area (Å²) in [7, 11) is 0. The molecule has 1 N–H and O–H groups in total. The maximum atomic E-state index is 12.1. The van der Waals surface area contributed by atoms with E-state index in [1.807, 2.05) is 0 Å². The number of fused-ring (bicyclic) bond motifs is 5. The average molecular weight is 403 g/mol. The molecule has 0 aliphatic heterocycles. The van der Waals surface area contributed by atoms with Crippen LogP contribution in [0.3, 0.4) is 0 Å². The highest BCUT2D eigenvalue weighted by molar-refractivity contribution is 5.79. The molecule has 2 heteroatoms. The number of carbonyl (C=O) groups excluding carboxylic acids is 1. The third-order valence-corrected chi connectivity index (χ3v) is 10.8. The lowest BCUT2D eigenvalue weighted by Crippen LogP contribution is -2.54. The van der Waals surface area contributed by atoms with Crippen molar-refractivity contribution in [3.8, 4) is 0 Å². The lowest BCUT2D eigenvalue weighted by atomic mass is 9.44. The van der Waals surface area contributed by atoms with Gasteiger partial charge in [-0.25, -0.2) is 0 Å². The van der Waals surface area contributed by atoms with Gasteiger partial charge in [0.05, 0.1) is 6.10 Å². The number of Topliss-reactive ketones (excluding diaryl/α,β-unsaturated/α-hetero) is 1. The van der Waals surface area contributed by atoms with Gasteiger partial charge < -0.3 is 5.11 Å². The molecule has 0 unspecified atom stereocenters. The largest absolute Gasteiger partial charge is 0.393 e. The molecular weight excluding hydrogens is 356 g/mol. The number of aliphatic hydroxyl groups excluding tert-OH is 1. The van der Waals surface area contributed by atoms with Crippen LogP contribution < -0.4 is 0 Å². The molecule has 166 valence electrons. The SMILES string of the molecule is CC(C)CC[C@H](O)[C@@H](C)[C@H]1CC[C@H]2[C@@H]3CC[C@H]4CC(=O)CC[C@]4(C)[C@H]3CC[C@]12C. The first-order valence-electron chi connectivity index (χ1n) is 12.9. The summed E-state index contributed by atoms with van der Waals surface area (Å²) >= 11 is 0. The van der Waals surface area contributed by atoms with Crippen LogP contribution in [0.4, 0.5) is 0 Å². The number of carbonyl (C=O) groups is 1. The molecule has 0 amide bonds. The van der Waals surface area contributed by atoms with Crippen molar-refractivity contribution in [3.05, 3.63) is 0 Å². The summed E-state index contributed by atoms with van der Waals surface area (Å²) in [5.41, 5.74) is 0.839. The average Bonchev–Trinajstić information content (AvgIpc) is 3.03. The molecule has 0 heterocycles. The molecule has 4 fully saturated rings. The van der Waals surface area contributed by atoms with Crippen LogP contribution in [-0.2, 0) is 4.79 Å². The molecule has 29 heavy (non-hydrogen) atoms. The van der Waals surface area contributed by atoms with E-state index >= 15 is 0 Å². The second-order valence-corrected chi connectivity index (χ2v) is 12.5. The van der Waals surface area contributed by atoms with Crippen LogP contribution in [-0.4, -0.2) is 17.0 Å². The van der Waals surface area contributed by atoms with Gasteiger partial charge in [0.25, 0.3) is 0 Å². The molecular formula is C27H46O2. The van der Waals surface area contributed by atoms with E-state index < -0.39 is 0 Å². The quantitative estimate of drug-likeness (QED) is 0.559. The maximum absolute atomic E-state index is 12.1. The zero-order valence-corrected chi connectivity index (χ0v) is 19.8. The van der Waals surface area contributed by atoms with Gasteiger partial charge in [-0.15, -0.1) is 0 Å². The highest BCUT2D eigenvalue weighted by atomic mass is 16.3. The lowest BCUT2D eigenvalue weighted by molar-refractivity contribution is -0.141. The van der Waals surface area contributed by atoms with Gasteiger partial charge >= 0.3 is 0 Å². The standard InChI is InChI=1S/C27H46O2/c1-17(2)6-11-25(29)18(3)22-9-10-23-21-8-7-19-16-20(28)12-14-26(19,4)24(21)13-15-27(22,23)5/h17-19,21-25,29H,6-16H2,1-5H3/t18-,19-,21-,22+,23-,24-,25-,26-,27+/m0/s1. The fourth-order valence-corrected chi connectivity index (χ4v) is 8.98. The van der Waals surface area contributed by atoms with Gasteiger partial charge in [0.2, 0.25) is 0 Å². The van der Waals surface area contributed by atoms with Crippen molar-refractivity contribution >= 4 is 5.78 Å². The van der Waals surface area contributed by atoms with E-state index in [2.05, 4.69) is 34.6 Å². The van der Waals surface area contributed by atoms with Crippen LogP contribution in [0.25, 0.3) is 0 Å². The molecule has 0 aromatic carbocycles. The highest BCUT2D eigenvalue weighted by Crippen LogP contribution is 2.68. The minimum Gasteiger partial charge on any atom is -0.393 e. The molecule has 4 saturated carbocycles. The molecule has 0 aromatic rings. The Morgan fingerprint density at radius 2 is 1.66 bits per heavy atom. The van der Waals surface area contributed by atoms with Crippen molar-refractivity contribution in [3.63, 3.8) is 0 Å². The van der Waals surface area contributed by atoms with E-state index in [4.69, 9.17) is 0 Å². The molecule has 0 bridgehead atoms. The summed E-state index contributed by atoms with van der Waals surface area (Å²) in [6.45, 7) is 12.0. The Balaban J connectivity index is 1.49. The third kappa shape index (κ3) is 3.64. The van der Waals surface area contributed by atoms with Crippen molar-refractivity contribution in [1.29, 1.82) is 0 Å². The molecule has 0 spiro atoms. The van der Waals surface area contributed by atoms with Crippen molar-refractivity contribution in [2.24, 2.45) is 52.3 Å². The second-order valence-electron chi connectivity index (χ2n) is 12.5. The Bertz CT molecular complexity index is 612. The zero-order chi connectivity index (χ0) is 21.0. The van der Waals surface area contributed by atoms with Crippen LogP contribution in [0.1, 0.15) is 105 Å². The van der Waals surface area contributed by atoms with Crippen molar-refractivity contribution < 1.29 is 9.90 Å². The lowest BCUT2D eigenvalue weighted by Gasteiger charge is -2.60. The summed E-state index contributed by atoms with van der Waals surface area (Å²) in [4.78, 5) is 12.1. The minimum atomic E-state index is -0.131. The van der Waals surface area contributed by atoms with Gasteiger partial charge in [-0.3, -0.25) is 4.79 Å². The molecule has 0 saturated heterocycles. The van der Waals surface area contributed by atoms with Gasteiger partial charge in [-0.1, -0.05) is 34.6 Å². The van der Waals surface area contributed by atoms with E-state index in [0.29, 0.717) is 40.3 Å².